The number of amides is 9. The van der Waals surface area contributed by atoms with Crippen molar-refractivity contribution >= 4 is 217 Å². The summed E-state index contributed by atoms with van der Waals surface area (Å²) in [5, 5.41) is 36.4. The summed E-state index contributed by atoms with van der Waals surface area (Å²) >= 11 is 38.4. The minimum absolute atomic E-state index is 0.0277. The van der Waals surface area contributed by atoms with Crippen LogP contribution in [0.15, 0.2) is 192 Å². The smallest absolute Gasteiger partial charge is 0.319 e. The van der Waals surface area contributed by atoms with Crippen LogP contribution in [0.3, 0.4) is 0 Å². The molecule has 15 N–H and O–H groups in total. The summed E-state index contributed by atoms with van der Waals surface area (Å²) in [6.45, 7) is 13.5. The first kappa shape index (κ1) is 102. The number of nitrogens with two attached hydrogens (primary N) is 2. The molecule has 11 aromatic heterocycles. The molecule has 0 aliphatic rings. The fraction of sp³-hybridized carbons (Fsp3) is 0.213. The molecule has 9 amide bonds. The summed E-state index contributed by atoms with van der Waals surface area (Å²) in [7, 11) is 4.72. The number of aliphatic carboxylic acids is 1. The van der Waals surface area contributed by atoms with Gasteiger partial charge in [0.25, 0.3) is 0 Å². The molecule has 5 aromatic carbocycles. The number of carbonyl (C=O) groups excluding carboxylic acids is 7. The van der Waals surface area contributed by atoms with Crippen LogP contribution in [0.1, 0.15) is 75.8 Å². The molecule has 0 atom stereocenters. The highest BCUT2D eigenvalue weighted by atomic mass is 79.9. The van der Waals surface area contributed by atoms with Gasteiger partial charge in [-0.05, 0) is 225 Å². The number of pyridine rings is 5. The number of esters is 2. The predicted molar refractivity (Wildman–Crippen MR) is 542 cm³/mol. The van der Waals surface area contributed by atoms with Crippen molar-refractivity contribution in [3.8, 4) is 51.0 Å². The summed E-state index contributed by atoms with van der Waals surface area (Å²) in [4.78, 5) is 125. The third-order valence-electron chi connectivity index (χ3n) is 20.0. The van der Waals surface area contributed by atoms with Gasteiger partial charge in [-0.2, -0.15) is 0 Å². The molecule has 0 aliphatic heterocycles. The number of H-pyrrole nitrogens is 1. The molecule has 0 fully saturated rings. The fourth-order valence-corrected chi connectivity index (χ4v) is 16.0. The molecule has 16 rings (SSSR count). The first-order valence-corrected chi connectivity index (χ1v) is 46.1. The third kappa shape index (κ3) is 26.1. The standard InChI is InChI=1S/C25H24Cl2N6O3.C25H22Cl2N6O2.C19H19ClN4O4.C14H17BrN4O3.C11H12BrN3O2/c1-3-29-25(35)32-21-8-9-22(17-6-5-16(36-2)12-18(17)27)33-13-15(30-24(21)33)11-23(34)31-20-7-4-14(26)10-19(20)28;1-3-28-25(34)32-20-8-9-22(17-6-5-16(35-2)12-18(17)27)33-13-15(29-24(20)33)11-23-30-19-7-4-14(26)10-21(19)31-23;1-3-21-19(27)23-15-6-7-16(13-5-4-12(28-2)9-14(13)20)24-10-11(8-17(25)26)22-18(15)24;1-3-16-14(21)18-10-5-6-11(15)19-8-9(17-13(10)19)7-12(20)22-4-2;1-2-17-10(16)5-7-6-15-9(12)4-3-8(13)11(15)14-7/h4-10,12-13H,3,11,28H2,1-2H3,(H,31,34)(H2,29,32,35);4-10,12-13H,3,11H2,1-2H3,(H,30,31)(H2,28,32,34);4-7,9-10H,3,8H2,1-2H3,(H,25,26)(H2,21,23,27);5-6,8H,3-4,7H2,1-2H3,(H2,16,18,21);3-4,6H,2,5,13H2,1H3. The quantitative estimate of drug-likeness (QED) is 0.0129. The maximum Gasteiger partial charge on any atom is 0.319 e. The number of carboxylic acid groups (broad SMARTS) is 1. The number of fused-ring (bicyclic) bond motifs is 6. The lowest BCUT2D eigenvalue weighted by Crippen LogP contribution is -2.28. The van der Waals surface area contributed by atoms with Gasteiger partial charge in [0.05, 0.1) is 181 Å². The van der Waals surface area contributed by atoms with Crippen molar-refractivity contribution in [1.82, 2.24) is 78.2 Å². The normalized spacial score (nSPS) is 10.8. The minimum Gasteiger partial charge on any atom is -0.497 e. The molecule has 0 radical (unpaired) electrons. The number of rotatable bonds is 27. The molecule has 0 spiro atoms. The van der Waals surface area contributed by atoms with E-state index in [-0.39, 0.29) is 67.7 Å². The Balaban J connectivity index is 0.000000158. The number of urea groups is 4. The van der Waals surface area contributed by atoms with E-state index in [0.29, 0.717) is 185 Å². The molecule has 0 bridgehead atoms. The van der Waals surface area contributed by atoms with Crippen molar-refractivity contribution < 1.29 is 67.1 Å². The van der Waals surface area contributed by atoms with E-state index >= 15 is 0 Å². The Morgan fingerprint density at radius 2 is 0.739 bits per heavy atom. The summed E-state index contributed by atoms with van der Waals surface area (Å²) < 4.78 is 36.1. The number of halogens is 7. The van der Waals surface area contributed by atoms with Crippen LogP contribution in [0.5, 0.6) is 17.2 Å². The van der Waals surface area contributed by atoms with Crippen LogP contribution in [0, 0.1) is 0 Å². The van der Waals surface area contributed by atoms with E-state index in [1.165, 1.54) is 0 Å². The Kier molecular flexibility index (Phi) is 35.4. The Bertz CT molecular complexity index is 7190. The summed E-state index contributed by atoms with van der Waals surface area (Å²) in [5.41, 5.74) is 26.9. The second kappa shape index (κ2) is 47.7. The first-order chi connectivity index (χ1) is 66.3. The predicted octanol–water partition coefficient (Wildman–Crippen LogP) is 18.7. The van der Waals surface area contributed by atoms with Crippen LogP contribution in [0.2, 0.25) is 25.1 Å². The lowest BCUT2D eigenvalue weighted by molar-refractivity contribution is -0.143. The zero-order chi connectivity index (χ0) is 99.1. The molecule has 718 valence electrons. The number of nitrogens with one attached hydrogen (secondary N) is 10. The number of hydrogen-bond donors (Lipinski definition) is 13. The average molecular weight is 2110 g/mol. The maximum absolute atomic E-state index is 12.8. The minimum atomic E-state index is -0.995. The van der Waals surface area contributed by atoms with Gasteiger partial charge in [-0.3, -0.25) is 41.2 Å². The Morgan fingerprint density at radius 1 is 0.384 bits per heavy atom. The van der Waals surface area contributed by atoms with Gasteiger partial charge in [0.2, 0.25) is 5.91 Å². The zero-order valence-electron chi connectivity index (χ0n) is 75.6. The third-order valence-corrected chi connectivity index (χ3v) is 22.7. The van der Waals surface area contributed by atoms with Crippen molar-refractivity contribution in [3.63, 3.8) is 0 Å². The van der Waals surface area contributed by atoms with Crippen molar-refractivity contribution in [2.24, 2.45) is 0 Å². The highest BCUT2D eigenvalue weighted by Crippen LogP contribution is 2.39. The molecular weight excluding hydrogens is 2010 g/mol. The number of methoxy groups -OCH3 is 3. The Labute approximate surface area is 831 Å². The molecular formula is C94H94Br2Cl5N23O14. The van der Waals surface area contributed by atoms with Crippen molar-refractivity contribution in [1.29, 1.82) is 0 Å². The van der Waals surface area contributed by atoms with Crippen LogP contribution in [0.4, 0.5) is 59.0 Å². The molecule has 0 unspecified atom stereocenters. The second-order valence-electron chi connectivity index (χ2n) is 29.7. The number of imidazole rings is 6. The van der Waals surface area contributed by atoms with Gasteiger partial charge in [-0.1, -0.05) is 58.0 Å². The number of carboxylic acids is 1. The molecule has 0 aliphatic carbocycles. The van der Waals surface area contributed by atoms with Crippen LogP contribution in [0.25, 0.3) is 73.0 Å². The Morgan fingerprint density at radius 3 is 1.14 bits per heavy atom. The largest absolute Gasteiger partial charge is 0.497 e. The van der Waals surface area contributed by atoms with Crippen molar-refractivity contribution in [2.75, 3.05) is 98.8 Å². The molecule has 138 heavy (non-hydrogen) atoms. The second-order valence-corrected chi connectivity index (χ2v) is 33.4. The monoisotopic (exact) mass is 2100 g/mol. The van der Waals surface area contributed by atoms with Crippen LogP contribution >= 0.6 is 89.9 Å². The van der Waals surface area contributed by atoms with Crippen LogP contribution in [-0.2, 0) is 60.8 Å². The van der Waals surface area contributed by atoms with E-state index in [0.717, 1.165) is 59.8 Å². The average Bonchev–Trinajstić information content (AvgIpc) is 1.60. The van der Waals surface area contributed by atoms with Gasteiger partial charge in [-0.25, -0.2) is 49.1 Å². The number of ether oxygens (including phenoxy) is 5. The lowest BCUT2D eigenvalue weighted by Gasteiger charge is -2.12. The number of carbonyl (C=O) groups is 8. The topological polar surface area (TPSA) is 478 Å². The SMILES string of the molecule is CCNC(=O)Nc1ccc(-c2ccc(OC)cc2Cl)n2cc(CC(=O)Nc3ccc(Cl)cc3N)nc12.CCNC(=O)Nc1ccc(-c2ccc(OC)cc2Cl)n2cc(CC(=O)O)nc12.CCNC(=O)Nc1ccc(-c2ccc(OC)cc2Cl)n2cc(Cc3nc4ccc(Cl)cc4[nH]3)nc12.CCNC(=O)Nc1ccc(Br)n2cc(CC(=O)OCC)nc12.CCOC(=O)Cc1cn2c(Br)ccc(N)c2n1. The molecule has 44 heteroatoms. The van der Waals surface area contributed by atoms with E-state index in [1.54, 1.807) is 162 Å². The van der Waals surface area contributed by atoms with Crippen LogP contribution in [-0.4, -0.2) is 171 Å². The van der Waals surface area contributed by atoms with E-state index in [2.05, 4.69) is 110 Å². The zero-order valence-corrected chi connectivity index (χ0v) is 82.5. The van der Waals surface area contributed by atoms with Gasteiger partial charge in [0, 0.05) is 90.3 Å². The van der Waals surface area contributed by atoms with Gasteiger partial charge in [-0.15, -0.1) is 0 Å². The van der Waals surface area contributed by atoms with Gasteiger partial charge in [0.15, 0.2) is 28.2 Å². The molecule has 37 nitrogen and oxygen atoms in total. The number of aromatic amines is 1. The van der Waals surface area contributed by atoms with E-state index in [9.17, 15) is 38.4 Å². The highest BCUT2D eigenvalue weighted by molar-refractivity contribution is 9.10. The van der Waals surface area contributed by atoms with E-state index < -0.39 is 5.97 Å². The van der Waals surface area contributed by atoms with E-state index in [4.69, 9.17) is 103 Å². The lowest BCUT2D eigenvalue weighted by atomic mass is 10.1. The number of anilines is 7. The summed E-state index contributed by atoms with van der Waals surface area (Å²) in [6.07, 6.45) is 9.23. The molecule has 0 saturated carbocycles. The molecule has 16 aromatic rings. The van der Waals surface area contributed by atoms with Crippen molar-refractivity contribution in [3.05, 3.63) is 251 Å². The first-order valence-electron chi connectivity index (χ1n) is 42.7. The number of aromatic nitrogens is 12. The van der Waals surface area contributed by atoms with Gasteiger partial charge in [0.1, 0.15) is 23.1 Å². The maximum atomic E-state index is 12.8. The summed E-state index contributed by atoms with van der Waals surface area (Å²) in [5.74, 6) is 0.746. The molecule has 0 saturated heterocycles. The fourth-order valence-electron chi connectivity index (χ4n) is 14.0. The number of nitrogens with zero attached hydrogens (tertiary/aromatic N) is 11. The Hall–Kier alpha value is -14.6. The van der Waals surface area contributed by atoms with Crippen LogP contribution < -0.4 is 73.5 Å². The van der Waals surface area contributed by atoms with Crippen molar-refractivity contribution in [2.45, 2.75) is 73.6 Å². The highest BCUT2D eigenvalue weighted by Gasteiger charge is 2.24. The molecule has 11 heterocycles. The number of nitrogen functional groups attached to an aromatic ring is 2. The number of benzene rings is 5. The van der Waals surface area contributed by atoms with Gasteiger partial charge >= 0.3 is 42.0 Å². The summed E-state index contributed by atoms with van der Waals surface area (Å²) in [6, 6.07) is 43.1. The van der Waals surface area contributed by atoms with Gasteiger partial charge < -0.3 is 93.1 Å². The number of hydrogen-bond acceptors (Lipinski definition) is 21. The van der Waals surface area contributed by atoms with E-state index in [1.807, 2.05) is 105 Å².